The van der Waals surface area contributed by atoms with E-state index in [-0.39, 0.29) is 11.7 Å². The van der Waals surface area contributed by atoms with Crippen LogP contribution in [0.5, 0.6) is 0 Å². The first-order valence-electron chi connectivity index (χ1n) is 9.58. The largest absolute Gasteiger partial charge is 0.382 e. The lowest BCUT2D eigenvalue weighted by atomic mass is 9.85. The van der Waals surface area contributed by atoms with E-state index in [0.29, 0.717) is 18.0 Å². The molecule has 2 fully saturated rings. The Morgan fingerprint density at radius 2 is 1.64 bits per heavy atom. The summed E-state index contributed by atoms with van der Waals surface area (Å²) in [6.07, 6.45) is 3.89. The quantitative estimate of drug-likeness (QED) is 0.907. The molecule has 4 nitrogen and oxygen atoms in total. The minimum Gasteiger partial charge on any atom is -0.382 e. The first-order chi connectivity index (χ1) is 12.0. The maximum Gasteiger partial charge on any atom is 0.225 e. The number of carbonyl (C=O) groups is 1. The summed E-state index contributed by atoms with van der Waals surface area (Å²) in [5.74, 6) is 0.318. The van der Waals surface area contributed by atoms with Gasteiger partial charge in [-0.2, -0.15) is 0 Å². The lowest BCUT2D eigenvalue weighted by Crippen LogP contribution is -2.52. The summed E-state index contributed by atoms with van der Waals surface area (Å²) in [5, 5.41) is 3.47. The van der Waals surface area contributed by atoms with Crippen molar-refractivity contribution in [2.75, 3.05) is 31.5 Å². The fourth-order valence-corrected chi connectivity index (χ4v) is 3.98. The smallest absolute Gasteiger partial charge is 0.225 e. The fraction of sp³-hybridized carbons (Fsp3) is 0.650. The van der Waals surface area contributed by atoms with Gasteiger partial charge in [-0.3, -0.25) is 9.69 Å². The van der Waals surface area contributed by atoms with Gasteiger partial charge in [0.1, 0.15) is 5.82 Å². The summed E-state index contributed by atoms with van der Waals surface area (Å²) in [5.41, 5.74) is 0.959. The Labute approximate surface area is 150 Å². The molecular formula is C20H30FN3O. The summed E-state index contributed by atoms with van der Waals surface area (Å²) in [4.78, 5) is 17.3. The van der Waals surface area contributed by atoms with Crippen LogP contribution in [0.3, 0.4) is 0 Å². The second-order valence-corrected chi connectivity index (χ2v) is 7.65. The van der Waals surface area contributed by atoms with Crippen LogP contribution in [0.2, 0.25) is 0 Å². The van der Waals surface area contributed by atoms with Gasteiger partial charge in [-0.25, -0.2) is 4.39 Å². The number of halogens is 1. The van der Waals surface area contributed by atoms with E-state index in [1.807, 2.05) is 0 Å². The van der Waals surface area contributed by atoms with Crippen LogP contribution in [0.4, 0.5) is 10.1 Å². The molecule has 1 aromatic carbocycles. The zero-order valence-corrected chi connectivity index (χ0v) is 15.4. The van der Waals surface area contributed by atoms with Crippen LogP contribution >= 0.6 is 0 Å². The molecule has 0 aromatic heterocycles. The number of anilines is 1. The Hall–Kier alpha value is -1.62. The molecule has 1 amide bonds. The van der Waals surface area contributed by atoms with Gasteiger partial charge in [0, 0.05) is 49.9 Å². The molecule has 0 spiro atoms. The maximum absolute atomic E-state index is 13.0. The molecule has 0 radical (unpaired) electrons. The molecule has 2 aliphatic rings. The first kappa shape index (κ1) is 18.2. The molecule has 0 atom stereocenters. The molecule has 1 aliphatic heterocycles. The number of nitrogens with one attached hydrogen (secondary N) is 1. The normalized spacial score (nSPS) is 25.2. The highest BCUT2D eigenvalue weighted by Crippen LogP contribution is 2.28. The van der Waals surface area contributed by atoms with Gasteiger partial charge in [-0.15, -0.1) is 0 Å². The van der Waals surface area contributed by atoms with E-state index < -0.39 is 0 Å². The van der Waals surface area contributed by atoms with Crippen LogP contribution in [0.25, 0.3) is 0 Å². The van der Waals surface area contributed by atoms with Gasteiger partial charge in [0.15, 0.2) is 0 Å². The Morgan fingerprint density at radius 1 is 1.04 bits per heavy atom. The van der Waals surface area contributed by atoms with Crippen LogP contribution in [0.15, 0.2) is 24.3 Å². The van der Waals surface area contributed by atoms with E-state index in [1.54, 1.807) is 12.1 Å². The molecule has 1 heterocycles. The van der Waals surface area contributed by atoms with Crippen molar-refractivity contribution in [2.45, 2.75) is 51.6 Å². The Kier molecular flexibility index (Phi) is 5.94. The molecular weight excluding hydrogens is 317 g/mol. The van der Waals surface area contributed by atoms with Crippen LogP contribution in [-0.2, 0) is 4.79 Å². The molecule has 1 saturated carbocycles. The molecule has 3 rings (SSSR count). The van der Waals surface area contributed by atoms with E-state index in [9.17, 15) is 9.18 Å². The number of amides is 1. The molecule has 0 unspecified atom stereocenters. The standard InChI is InChI=1S/C20H30FN3O/c1-15(2)23-11-13-24(14-12-23)20(25)16-3-7-18(8-4-16)22-19-9-5-17(21)6-10-19/h5-6,9-10,15-16,18,22H,3-4,7-8,11-14H2,1-2H3/t16-,18-. The lowest BCUT2D eigenvalue weighted by Gasteiger charge is -2.39. The third-order valence-corrected chi connectivity index (χ3v) is 5.65. The molecule has 0 bridgehead atoms. The minimum atomic E-state index is -0.211. The molecule has 1 aliphatic carbocycles. The zero-order valence-electron chi connectivity index (χ0n) is 15.4. The molecule has 25 heavy (non-hydrogen) atoms. The van der Waals surface area contributed by atoms with Gasteiger partial charge in [-0.05, 0) is 63.8 Å². The fourth-order valence-electron chi connectivity index (χ4n) is 3.98. The van der Waals surface area contributed by atoms with Crippen LogP contribution in [0, 0.1) is 11.7 Å². The lowest BCUT2D eigenvalue weighted by molar-refractivity contribution is -0.138. The predicted octanol–water partition coefficient (Wildman–Crippen LogP) is 3.35. The number of carbonyl (C=O) groups excluding carboxylic acids is 1. The topological polar surface area (TPSA) is 35.6 Å². The van der Waals surface area contributed by atoms with Gasteiger partial charge in [0.05, 0.1) is 0 Å². The predicted molar refractivity (Wildman–Crippen MR) is 99.1 cm³/mol. The third kappa shape index (κ3) is 4.72. The number of rotatable bonds is 4. The highest BCUT2D eigenvalue weighted by Gasteiger charge is 2.31. The van der Waals surface area contributed by atoms with Crippen molar-refractivity contribution in [1.29, 1.82) is 0 Å². The highest BCUT2D eigenvalue weighted by molar-refractivity contribution is 5.79. The van der Waals surface area contributed by atoms with Gasteiger partial charge < -0.3 is 10.2 Å². The summed E-state index contributed by atoms with van der Waals surface area (Å²) >= 11 is 0. The summed E-state index contributed by atoms with van der Waals surface area (Å²) in [6.45, 7) is 8.14. The second kappa shape index (κ2) is 8.17. The van der Waals surface area contributed by atoms with Crippen molar-refractivity contribution < 1.29 is 9.18 Å². The van der Waals surface area contributed by atoms with Crippen molar-refractivity contribution in [1.82, 2.24) is 9.80 Å². The van der Waals surface area contributed by atoms with Gasteiger partial charge in [0.25, 0.3) is 0 Å². The third-order valence-electron chi connectivity index (χ3n) is 5.65. The number of nitrogens with zero attached hydrogens (tertiary/aromatic N) is 2. The van der Waals surface area contributed by atoms with Crippen molar-refractivity contribution in [3.8, 4) is 0 Å². The van der Waals surface area contributed by atoms with Crippen LogP contribution in [-0.4, -0.2) is 54.0 Å². The van der Waals surface area contributed by atoms with Gasteiger partial charge in [0.2, 0.25) is 5.91 Å². The number of hydrogen-bond donors (Lipinski definition) is 1. The summed E-state index contributed by atoms with van der Waals surface area (Å²) in [6, 6.07) is 7.46. The molecule has 1 aromatic rings. The zero-order chi connectivity index (χ0) is 17.8. The van der Waals surface area contributed by atoms with Crippen molar-refractivity contribution in [3.05, 3.63) is 30.1 Å². The molecule has 5 heteroatoms. The summed E-state index contributed by atoms with van der Waals surface area (Å²) < 4.78 is 13.0. The van der Waals surface area contributed by atoms with Crippen molar-refractivity contribution in [2.24, 2.45) is 5.92 Å². The number of piperazine rings is 1. The van der Waals surface area contributed by atoms with Gasteiger partial charge >= 0.3 is 0 Å². The average molecular weight is 347 g/mol. The highest BCUT2D eigenvalue weighted by atomic mass is 19.1. The summed E-state index contributed by atoms with van der Waals surface area (Å²) in [7, 11) is 0. The van der Waals surface area contributed by atoms with E-state index in [0.717, 1.165) is 57.5 Å². The SMILES string of the molecule is CC(C)N1CCN(C(=O)[C@H]2CC[C@H](Nc3ccc(F)cc3)CC2)CC1. The van der Waals surface area contributed by atoms with E-state index in [2.05, 4.69) is 29.0 Å². The molecule has 138 valence electrons. The van der Waals surface area contributed by atoms with Gasteiger partial charge in [-0.1, -0.05) is 0 Å². The van der Waals surface area contributed by atoms with Crippen molar-refractivity contribution in [3.63, 3.8) is 0 Å². The van der Waals surface area contributed by atoms with E-state index >= 15 is 0 Å². The number of benzene rings is 1. The number of hydrogen-bond acceptors (Lipinski definition) is 3. The minimum absolute atomic E-state index is 0.178. The Balaban J connectivity index is 1.44. The molecule has 1 N–H and O–H groups in total. The van der Waals surface area contributed by atoms with E-state index in [1.165, 1.54) is 12.1 Å². The Morgan fingerprint density at radius 3 is 2.20 bits per heavy atom. The van der Waals surface area contributed by atoms with E-state index in [4.69, 9.17) is 0 Å². The molecule has 1 saturated heterocycles. The monoisotopic (exact) mass is 347 g/mol. The Bertz CT molecular complexity index is 559. The second-order valence-electron chi connectivity index (χ2n) is 7.65. The first-order valence-corrected chi connectivity index (χ1v) is 9.58. The van der Waals surface area contributed by atoms with Crippen LogP contribution in [0.1, 0.15) is 39.5 Å². The van der Waals surface area contributed by atoms with Crippen LogP contribution < -0.4 is 5.32 Å². The van der Waals surface area contributed by atoms with Crippen molar-refractivity contribution >= 4 is 11.6 Å². The average Bonchev–Trinajstić information content (AvgIpc) is 2.64. The maximum atomic E-state index is 13.0.